The highest BCUT2D eigenvalue weighted by Crippen LogP contribution is 2.31. The van der Waals surface area contributed by atoms with Crippen LogP contribution in [0.1, 0.15) is 54.0 Å². The fourth-order valence-electron chi connectivity index (χ4n) is 4.92. The maximum atomic E-state index is 13.6. The molecule has 0 unspecified atom stereocenters. The van der Waals surface area contributed by atoms with Gasteiger partial charge >= 0.3 is 23.9 Å². The number of nitrogens with one attached hydrogen (secondary N) is 3. The smallest absolute Gasteiger partial charge is 0.303 e. The minimum absolute atomic E-state index is 0.0349. The van der Waals surface area contributed by atoms with Crippen molar-refractivity contribution in [3.05, 3.63) is 35.9 Å². The average Bonchev–Trinajstić information content (AvgIpc) is 3.00. The number of primary amides is 1. The molecule has 0 aromatic heterocycles. The zero-order chi connectivity index (χ0) is 37.7. The Bertz CT molecular complexity index is 1410. The molecule has 1 aromatic carbocycles. The van der Waals surface area contributed by atoms with Crippen LogP contribution in [0.25, 0.3) is 0 Å². The summed E-state index contributed by atoms with van der Waals surface area (Å²) >= 11 is 0. The fourth-order valence-corrected chi connectivity index (χ4v) is 4.92. The van der Waals surface area contributed by atoms with Gasteiger partial charge in [-0.25, -0.2) is 0 Å². The van der Waals surface area contributed by atoms with Crippen LogP contribution in [-0.4, -0.2) is 109 Å². The van der Waals surface area contributed by atoms with E-state index in [1.54, 1.807) is 30.3 Å². The number of amides is 4. The third-order valence-corrected chi connectivity index (χ3v) is 7.11. The molecule has 1 heterocycles. The van der Waals surface area contributed by atoms with E-state index < -0.39 is 109 Å². The van der Waals surface area contributed by atoms with Gasteiger partial charge in [0.1, 0.15) is 30.8 Å². The molecule has 2 rings (SSSR count). The molecule has 1 fully saturated rings. The Kier molecular flexibility index (Phi) is 15.8. The summed E-state index contributed by atoms with van der Waals surface area (Å²) in [4.78, 5) is 99.1. The number of benzene rings is 1. The van der Waals surface area contributed by atoms with E-state index in [0.717, 1.165) is 27.7 Å². The van der Waals surface area contributed by atoms with Crippen LogP contribution in [-0.2, 0) is 73.2 Å². The molecule has 18 heteroatoms. The van der Waals surface area contributed by atoms with Gasteiger partial charge in [-0.05, 0) is 19.4 Å². The normalized spacial score (nSPS) is 22.3. The summed E-state index contributed by atoms with van der Waals surface area (Å²) in [6.07, 6.45) is -9.10. The van der Waals surface area contributed by atoms with Crippen LogP contribution >= 0.6 is 0 Å². The Balaban J connectivity index is 2.55. The van der Waals surface area contributed by atoms with Gasteiger partial charge in [-0.2, -0.15) is 0 Å². The summed E-state index contributed by atoms with van der Waals surface area (Å²) in [7, 11) is 0. The van der Waals surface area contributed by atoms with Gasteiger partial charge < -0.3 is 50.1 Å². The first kappa shape index (κ1) is 41.1. The number of carbonyl (C=O) groups is 8. The highest BCUT2D eigenvalue weighted by atomic mass is 16.7. The molecule has 0 saturated carbocycles. The quantitative estimate of drug-likeness (QED) is 0.115. The summed E-state index contributed by atoms with van der Waals surface area (Å²) in [5.74, 6) is -6.53. The maximum absolute atomic E-state index is 13.6. The second-order valence-corrected chi connectivity index (χ2v) is 11.5. The Labute approximate surface area is 288 Å². The molecule has 4 amide bonds. The number of hydrogen-bond donors (Lipinski definition) is 4. The molecule has 1 aliphatic rings. The lowest BCUT2D eigenvalue weighted by atomic mass is 9.97. The van der Waals surface area contributed by atoms with Gasteiger partial charge in [0, 0.05) is 41.0 Å². The molecule has 18 nitrogen and oxygen atoms in total. The Morgan fingerprint density at radius 3 is 1.82 bits per heavy atom. The molecule has 0 bridgehead atoms. The predicted molar refractivity (Wildman–Crippen MR) is 169 cm³/mol. The molecule has 0 radical (unpaired) electrons. The van der Waals surface area contributed by atoms with Crippen LogP contribution in [0.2, 0.25) is 0 Å². The minimum Gasteiger partial charge on any atom is -0.463 e. The Morgan fingerprint density at radius 1 is 0.740 bits per heavy atom. The van der Waals surface area contributed by atoms with Crippen molar-refractivity contribution in [3.8, 4) is 0 Å². The number of nitrogens with two attached hydrogens (primary N) is 1. The first-order valence-corrected chi connectivity index (χ1v) is 15.6. The largest absolute Gasteiger partial charge is 0.463 e. The van der Waals surface area contributed by atoms with E-state index in [2.05, 4.69) is 16.0 Å². The van der Waals surface area contributed by atoms with Crippen molar-refractivity contribution in [2.24, 2.45) is 5.73 Å². The van der Waals surface area contributed by atoms with E-state index in [9.17, 15) is 38.4 Å². The van der Waals surface area contributed by atoms with Crippen LogP contribution in [0.3, 0.4) is 0 Å². The summed E-state index contributed by atoms with van der Waals surface area (Å²) in [5, 5.41) is 7.45. The molecule has 1 aliphatic heterocycles. The minimum atomic E-state index is -1.71. The lowest BCUT2D eigenvalue weighted by molar-refractivity contribution is -0.316. The van der Waals surface area contributed by atoms with Gasteiger partial charge in [0.05, 0.1) is 6.10 Å². The van der Waals surface area contributed by atoms with E-state index in [0.29, 0.717) is 5.56 Å². The van der Waals surface area contributed by atoms with Crippen LogP contribution in [0.15, 0.2) is 30.3 Å². The number of carbonyl (C=O) groups excluding carboxylic acids is 8. The Morgan fingerprint density at radius 2 is 1.30 bits per heavy atom. The van der Waals surface area contributed by atoms with Crippen LogP contribution < -0.4 is 21.7 Å². The zero-order valence-electron chi connectivity index (χ0n) is 28.8. The zero-order valence-corrected chi connectivity index (χ0v) is 28.8. The molecule has 0 aliphatic carbocycles. The molecule has 1 saturated heterocycles. The standard InChI is InChI=1S/C32H44N4O14/c1-15(29(33)42)34-31(44)25(36-30(43)23(35-17(3)37)13-22-11-9-8-10-12-22)16(2)46-32-28(49-21(7)41)27(48-20(6)40)26(47-19(5)39)24(50-32)14-45-18(4)38/h8-12,15-16,23-28,32H,13-14H2,1-7H3,(H2,33,42)(H,34,44)(H,35,37)(H,36,43)/t15-,16+,23+,24+,25-,26-,27-,28+,32+/m0/s1. The number of hydrogen-bond acceptors (Lipinski definition) is 14. The van der Waals surface area contributed by atoms with Gasteiger partial charge in [0.2, 0.25) is 23.6 Å². The predicted octanol–water partition coefficient (Wildman–Crippen LogP) is -1.30. The van der Waals surface area contributed by atoms with Crippen LogP contribution in [0.5, 0.6) is 0 Å². The van der Waals surface area contributed by atoms with Crippen molar-refractivity contribution in [2.45, 2.75) is 110 Å². The SMILES string of the molecule is CC(=O)N[C@H](Cc1ccccc1)C(=O)N[C@H](C(=O)N[C@@H](C)C(N)=O)[C@@H](C)O[C@@H]1O[C@H](COC(C)=O)[C@H](OC(C)=O)[C@H](OC(C)=O)[C@H]1OC(C)=O. The van der Waals surface area contributed by atoms with E-state index in [1.165, 1.54) is 20.8 Å². The maximum Gasteiger partial charge on any atom is 0.303 e. The summed E-state index contributed by atoms with van der Waals surface area (Å²) in [6, 6.07) is 4.72. The molecular formula is C32H44N4O14. The topological polar surface area (TPSA) is 254 Å². The number of ether oxygens (including phenoxy) is 6. The van der Waals surface area contributed by atoms with Gasteiger partial charge in [0.25, 0.3) is 0 Å². The van der Waals surface area contributed by atoms with Gasteiger partial charge in [0.15, 0.2) is 24.6 Å². The third-order valence-electron chi connectivity index (χ3n) is 7.11. The summed E-state index contributed by atoms with van der Waals surface area (Å²) in [6.45, 7) is 7.55. The van der Waals surface area contributed by atoms with Gasteiger partial charge in [-0.1, -0.05) is 30.3 Å². The first-order valence-electron chi connectivity index (χ1n) is 15.6. The lowest BCUT2D eigenvalue weighted by Crippen LogP contribution is -2.65. The summed E-state index contributed by atoms with van der Waals surface area (Å²) < 4.78 is 33.3. The van der Waals surface area contributed by atoms with E-state index >= 15 is 0 Å². The molecule has 5 N–H and O–H groups in total. The number of esters is 4. The van der Waals surface area contributed by atoms with E-state index in [1.807, 2.05) is 0 Å². The van der Waals surface area contributed by atoms with Gasteiger partial charge in [-0.3, -0.25) is 38.4 Å². The summed E-state index contributed by atoms with van der Waals surface area (Å²) in [5.41, 5.74) is 6.02. The van der Waals surface area contributed by atoms with Gasteiger partial charge in [-0.15, -0.1) is 0 Å². The van der Waals surface area contributed by atoms with Crippen molar-refractivity contribution in [1.29, 1.82) is 0 Å². The van der Waals surface area contributed by atoms with Crippen molar-refractivity contribution < 1.29 is 66.8 Å². The van der Waals surface area contributed by atoms with Crippen molar-refractivity contribution >= 4 is 47.5 Å². The molecule has 50 heavy (non-hydrogen) atoms. The number of rotatable bonds is 16. The van der Waals surface area contributed by atoms with E-state index in [4.69, 9.17) is 34.2 Å². The second-order valence-electron chi connectivity index (χ2n) is 11.5. The monoisotopic (exact) mass is 708 g/mol. The Hall–Kier alpha value is -5.10. The third kappa shape index (κ3) is 13.1. The first-order chi connectivity index (χ1) is 23.4. The van der Waals surface area contributed by atoms with Crippen molar-refractivity contribution in [1.82, 2.24) is 16.0 Å². The van der Waals surface area contributed by atoms with Crippen LogP contribution in [0, 0.1) is 0 Å². The average molecular weight is 709 g/mol. The fraction of sp³-hybridized carbons (Fsp3) is 0.562. The van der Waals surface area contributed by atoms with E-state index in [-0.39, 0.29) is 6.42 Å². The van der Waals surface area contributed by atoms with Crippen molar-refractivity contribution in [2.75, 3.05) is 6.61 Å². The molecular weight excluding hydrogens is 664 g/mol. The van der Waals surface area contributed by atoms with Crippen LogP contribution in [0.4, 0.5) is 0 Å². The van der Waals surface area contributed by atoms with Crippen molar-refractivity contribution in [3.63, 3.8) is 0 Å². The second kappa shape index (κ2) is 19.2. The molecule has 276 valence electrons. The highest BCUT2D eigenvalue weighted by molar-refractivity contribution is 5.94. The highest BCUT2D eigenvalue weighted by Gasteiger charge is 2.53. The lowest BCUT2D eigenvalue weighted by Gasteiger charge is -2.45. The molecule has 1 aromatic rings. The molecule has 9 atom stereocenters. The molecule has 0 spiro atoms.